The van der Waals surface area contributed by atoms with Crippen LogP contribution in [0.1, 0.15) is 63.8 Å². The van der Waals surface area contributed by atoms with Gasteiger partial charge in [0.1, 0.15) is 10.8 Å². The maximum absolute atomic E-state index is 11.6. The predicted octanol–water partition coefficient (Wildman–Crippen LogP) is 4.50. The summed E-state index contributed by atoms with van der Waals surface area (Å²) in [5.41, 5.74) is 3.71. The summed E-state index contributed by atoms with van der Waals surface area (Å²) in [6, 6.07) is 5.86. The van der Waals surface area contributed by atoms with Crippen molar-refractivity contribution in [3.05, 3.63) is 46.6 Å². The van der Waals surface area contributed by atoms with Crippen molar-refractivity contribution in [1.82, 2.24) is 4.98 Å². The molecule has 144 valence electrons. The van der Waals surface area contributed by atoms with Crippen LogP contribution in [0.5, 0.6) is 5.75 Å². The molecule has 0 unspecified atom stereocenters. The van der Waals surface area contributed by atoms with Gasteiger partial charge in [0.2, 0.25) is 0 Å². The summed E-state index contributed by atoms with van der Waals surface area (Å²) in [5, 5.41) is 11.0. The molecule has 0 radical (unpaired) electrons. The summed E-state index contributed by atoms with van der Waals surface area (Å²) < 4.78 is 23.2. The Morgan fingerprint density at radius 1 is 0.885 bits per heavy atom. The third-order valence-electron chi connectivity index (χ3n) is 4.60. The third kappa shape index (κ3) is 4.70. The molecule has 0 aliphatic carbocycles. The van der Waals surface area contributed by atoms with Crippen molar-refractivity contribution in [3.63, 3.8) is 0 Å². The van der Waals surface area contributed by atoms with Crippen LogP contribution in [0, 0.1) is 0 Å². The van der Waals surface area contributed by atoms with Crippen LogP contribution in [-0.4, -0.2) is 24.8 Å². The molecule has 0 fully saturated rings. The minimum absolute atomic E-state index is 0.155. The summed E-state index contributed by atoms with van der Waals surface area (Å²) >= 11 is 0. The second kappa shape index (κ2) is 6.76. The fourth-order valence-electron chi connectivity index (χ4n) is 3.04. The Hall–Kier alpha value is -1.75. The summed E-state index contributed by atoms with van der Waals surface area (Å²) in [6.07, 6.45) is 4.48. The lowest BCUT2D eigenvalue weighted by atomic mass is 9.78. The molecular weight excluding hydrogens is 346 g/mol. The van der Waals surface area contributed by atoms with Crippen LogP contribution in [-0.2, 0) is 33.5 Å². The van der Waals surface area contributed by atoms with Gasteiger partial charge in [0.25, 0.3) is 0 Å². The number of aromatic amines is 1. The number of benzene rings is 1. The highest BCUT2D eigenvalue weighted by atomic mass is 32.2. The van der Waals surface area contributed by atoms with E-state index in [0.29, 0.717) is 5.75 Å². The van der Waals surface area contributed by atoms with E-state index in [9.17, 15) is 13.5 Å². The molecule has 0 spiro atoms. The third-order valence-corrected chi connectivity index (χ3v) is 5.64. The second-order valence-electron chi connectivity index (χ2n) is 9.18. The predicted molar refractivity (Wildman–Crippen MR) is 107 cm³/mol. The van der Waals surface area contributed by atoms with E-state index in [1.165, 1.54) is 6.26 Å². The molecule has 0 saturated heterocycles. The van der Waals surface area contributed by atoms with Gasteiger partial charge in [0.15, 0.2) is 9.84 Å². The number of aromatic nitrogens is 1. The van der Waals surface area contributed by atoms with E-state index in [2.05, 4.69) is 58.7 Å². The molecule has 26 heavy (non-hydrogen) atoms. The molecule has 1 heterocycles. The number of sulfone groups is 1. The van der Waals surface area contributed by atoms with E-state index < -0.39 is 9.84 Å². The quantitative estimate of drug-likeness (QED) is 0.824. The molecule has 0 aliphatic heterocycles. The van der Waals surface area contributed by atoms with E-state index in [1.54, 1.807) is 12.3 Å². The summed E-state index contributed by atoms with van der Waals surface area (Å²) in [6.45, 7) is 12.6. The highest BCUT2D eigenvalue weighted by molar-refractivity contribution is 7.90. The van der Waals surface area contributed by atoms with Crippen LogP contribution in [0.2, 0.25) is 0 Å². The van der Waals surface area contributed by atoms with Crippen molar-refractivity contribution < 1.29 is 13.5 Å². The lowest BCUT2D eigenvalue weighted by Crippen LogP contribution is -2.18. The Morgan fingerprint density at radius 2 is 1.35 bits per heavy atom. The Bertz CT molecular complexity index is 859. The number of nitrogens with one attached hydrogen (secondary N) is 1. The molecule has 0 amide bonds. The maximum Gasteiger partial charge on any atom is 0.190 e. The molecule has 0 bridgehead atoms. The fourth-order valence-corrected chi connectivity index (χ4v) is 3.68. The highest BCUT2D eigenvalue weighted by Crippen LogP contribution is 2.40. The monoisotopic (exact) mass is 377 g/mol. The van der Waals surface area contributed by atoms with Gasteiger partial charge in [-0.25, -0.2) is 8.42 Å². The average molecular weight is 378 g/mol. The van der Waals surface area contributed by atoms with Crippen LogP contribution < -0.4 is 0 Å². The smallest absolute Gasteiger partial charge is 0.190 e. The molecule has 1 aromatic heterocycles. The first-order chi connectivity index (χ1) is 11.7. The first kappa shape index (κ1) is 20.6. The number of hydrogen-bond donors (Lipinski definition) is 2. The van der Waals surface area contributed by atoms with E-state index in [4.69, 9.17) is 0 Å². The Morgan fingerprint density at radius 3 is 1.73 bits per heavy atom. The Kier molecular flexibility index (Phi) is 5.35. The van der Waals surface area contributed by atoms with E-state index in [0.717, 1.165) is 35.1 Å². The molecule has 5 heteroatoms. The SMILES string of the molecule is CC(C)(C)c1cc(CCc2c[nH]c(S(C)(=O)=O)c2)cc(C(C)(C)C)c1O. The van der Waals surface area contributed by atoms with Gasteiger partial charge < -0.3 is 10.1 Å². The first-order valence-electron chi connectivity index (χ1n) is 8.94. The number of hydrogen-bond acceptors (Lipinski definition) is 3. The largest absolute Gasteiger partial charge is 0.507 e. The zero-order valence-electron chi connectivity index (χ0n) is 16.9. The Labute approximate surface area is 157 Å². The van der Waals surface area contributed by atoms with Crippen molar-refractivity contribution in [2.24, 2.45) is 0 Å². The minimum atomic E-state index is -3.21. The second-order valence-corrected chi connectivity index (χ2v) is 11.2. The average Bonchev–Trinajstić information content (AvgIpc) is 2.92. The highest BCUT2D eigenvalue weighted by Gasteiger charge is 2.26. The Balaban J connectivity index is 2.36. The molecule has 1 aromatic carbocycles. The molecule has 4 nitrogen and oxygen atoms in total. The zero-order valence-corrected chi connectivity index (χ0v) is 17.7. The zero-order chi connectivity index (χ0) is 19.9. The normalized spacial score (nSPS) is 13.2. The van der Waals surface area contributed by atoms with Gasteiger partial charge in [-0.2, -0.15) is 0 Å². The van der Waals surface area contributed by atoms with Crippen molar-refractivity contribution in [3.8, 4) is 5.75 Å². The van der Waals surface area contributed by atoms with Gasteiger partial charge in [-0.15, -0.1) is 0 Å². The molecular formula is C21H31NO3S. The summed E-state index contributed by atoms with van der Waals surface area (Å²) in [4.78, 5) is 2.83. The van der Waals surface area contributed by atoms with E-state index in [-0.39, 0.29) is 15.9 Å². The topological polar surface area (TPSA) is 70.2 Å². The van der Waals surface area contributed by atoms with Gasteiger partial charge in [-0.3, -0.25) is 0 Å². The number of aryl methyl sites for hydroxylation is 2. The number of phenols is 1. The van der Waals surface area contributed by atoms with Crippen molar-refractivity contribution in [1.29, 1.82) is 0 Å². The van der Waals surface area contributed by atoms with E-state index >= 15 is 0 Å². The van der Waals surface area contributed by atoms with Gasteiger partial charge in [0.05, 0.1) is 0 Å². The van der Waals surface area contributed by atoms with Crippen LogP contribution in [0.15, 0.2) is 29.4 Å². The standard InChI is InChI=1S/C21H31NO3S/c1-20(2,3)16-10-14(11-17(19(16)23)21(4,5)6)8-9-15-12-18(22-13-15)26(7,24)25/h10-13,22-23H,8-9H2,1-7H3. The van der Waals surface area contributed by atoms with Crippen molar-refractivity contribution in [2.75, 3.05) is 6.26 Å². The molecule has 0 atom stereocenters. The van der Waals surface area contributed by atoms with Crippen LogP contribution in [0.3, 0.4) is 0 Å². The minimum Gasteiger partial charge on any atom is -0.507 e. The van der Waals surface area contributed by atoms with Crippen LogP contribution in [0.25, 0.3) is 0 Å². The number of H-pyrrole nitrogens is 1. The van der Waals surface area contributed by atoms with Crippen molar-refractivity contribution >= 4 is 9.84 Å². The van der Waals surface area contributed by atoms with Crippen LogP contribution in [0.4, 0.5) is 0 Å². The molecule has 0 saturated carbocycles. The van der Waals surface area contributed by atoms with E-state index in [1.807, 2.05) is 0 Å². The van der Waals surface area contributed by atoms with Crippen molar-refractivity contribution in [2.45, 2.75) is 70.2 Å². The van der Waals surface area contributed by atoms with Gasteiger partial charge in [-0.1, -0.05) is 53.7 Å². The first-order valence-corrected chi connectivity index (χ1v) is 10.8. The lowest BCUT2D eigenvalue weighted by Gasteiger charge is -2.28. The van der Waals surface area contributed by atoms with Gasteiger partial charge >= 0.3 is 0 Å². The molecule has 2 N–H and O–H groups in total. The maximum atomic E-state index is 11.6. The molecule has 2 rings (SSSR count). The van der Waals surface area contributed by atoms with Gasteiger partial charge in [0, 0.05) is 12.5 Å². The summed E-state index contributed by atoms with van der Waals surface area (Å²) in [5.74, 6) is 0.384. The number of rotatable bonds is 4. The number of aromatic hydroxyl groups is 1. The molecule has 0 aliphatic rings. The summed E-state index contributed by atoms with van der Waals surface area (Å²) in [7, 11) is -3.21. The van der Waals surface area contributed by atoms with Crippen LogP contribution >= 0.6 is 0 Å². The lowest BCUT2D eigenvalue weighted by molar-refractivity contribution is 0.422. The van der Waals surface area contributed by atoms with Gasteiger partial charge in [-0.05, 0) is 52.0 Å². The molecule has 2 aromatic rings. The number of phenolic OH excluding ortho intramolecular Hbond substituents is 1. The fraction of sp³-hybridized carbons (Fsp3) is 0.524.